The zero-order chi connectivity index (χ0) is 13.0. The van der Waals surface area contributed by atoms with Crippen molar-refractivity contribution in [3.8, 4) is 0 Å². The monoisotopic (exact) mass is 251 g/mol. The Bertz CT molecular complexity index is 432. The molecule has 1 aliphatic carbocycles. The highest BCUT2D eigenvalue weighted by atomic mass is 19.1. The molecule has 4 N–H and O–H groups in total. The van der Waals surface area contributed by atoms with E-state index in [0.29, 0.717) is 18.7 Å². The Morgan fingerprint density at radius 3 is 2.72 bits per heavy atom. The number of halogens is 1. The lowest BCUT2D eigenvalue weighted by Gasteiger charge is -2.19. The van der Waals surface area contributed by atoms with Crippen LogP contribution >= 0.6 is 0 Å². The topological polar surface area (TPSA) is 67.1 Å². The van der Waals surface area contributed by atoms with Crippen molar-refractivity contribution in [2.24, 2.45) is 5.73 Å². The zero-order valence-corrected chi connectivity index (χ0v) is 10.2. The number of benzene rings is 1. The van der Waals surface area contributed by atoms with Crippen LogP contribution in [0, 0.1) is 5.82 Å². The lowest BCUT2D eigenvalue weighted by atomic mass is 10.0. The van der Waals surface area contributed by atoms with E-state index in [-0.39, 0.29) is 11.8 Å². The van der Waals surface area contributed by atoms with Crippen molar-refractivity contribution in [3.05, 3.63) is 35.6 Å². The van der Waals surface area contributed by atoms with Crippen LogP contribution in [0.4, 0.5) is 9.18 Å². The van der Waals surface area contributed by atoms with Crippen LogP contribution in [0.25, 0.3) is 0 Å². The highest BCUT2D eigenvalue weighted by molar-refractivity contribution is 5.75. The van der Waals surface area contributed by atoms with Crippen LogP contribution in [0.2, 0.25) is 0 Å². The normalized spacial score (nSPS) is 16.1. The number of carbonyl (C=O) groups excluding carboxylic acids is 1. The van der Waals surface area contributed by atoms with E-state index in [9.17, 15) is 9.18 Å². The number of nitrogens with two attached hydrogens (primary N) is 1. The molecule has 2 rings (SSSR count). The molecule has 1 aliphatic rings. The molecule has 0 aliphatic heterocycles. The Balaban J connectivity index is 1.96. The standard InChI is InChI=1S/C13H18FN3O/c14-11-5-2-1-4-10(11)13(6-7-13)17-12(18)16-9-3-8-15/h1-2,4-5H,3,6-9,15H2,(H2,16,17,18). The van der Waals surface area contributed by atoms with Gasteiger partial charge >= 0.3 is 6.03 Å². The van der Waals surface area contributed by atoms with Crippen LogP contribution in [0.3, 0.4) is 0 Å². The van der Waals surface area contributed by atoms with E-state index in [1.165, 1.54) is 6.07 Å². The molecule has 5 heteroatoms. The van der Waals surface area contributed by atoms with E-state index in [4.69, 9.17) is 5.73 Å². The van der Waals surface area contributed by atoms with E-state index >= 15 is 0 Å². The molecule has 0 heterocycles. The van der Waals surface area contributed by atoms with Gasteiger partial charge in [-0.3, -0.25) is 0 Å². The van der Waals surface area contributed by atoms with Gasteiger partial charge in [-0.2, -0.15) is 0 Å². The van der Waals surface area contributed by atoms with E-state index < -0.39 is 5.54 Å². The number of nitrogens with one attached hydrogen (secondary N) is 2. The third kappa shape index (κ3) is 2.79. The van der Waals surface area contributed by atoms with Crippen molar-refractivity contribution >= 4 is 6.03 Å². The summed E-state index contributed by atoms with van der Waals surface area (Å²) in [6, 6.07) is 6.32. The fourth-order valence-electron chi connectivity index (χ4n) is 2.00. The molecule has 4 nitrogen and oxygen atoms in total. The third-order valence-corrected chi connectivity index (χ3v) is 3.16. The van der Waals surface area contributed by atoms with Crippen LogP contribution in [0.15, 0.2) is 24.3 Å². The first-order valence-corrected chi connectivity index (χ1v) is 6.19. The number of rotatable bonds is 5. The summed E-state index contributed by atoms with van der Waals surface area (Å²) in [6.45, 7) is 1.08. The lowest BCUT2D eigenvalue weighted by molar-refractivity contribution is 0.235. The van der Waals surface area contributed by atoms with Crippen LogP contribution < -0.4 is 16.4 Å². The Labute approximate surface area is 106 Å². The molecule has 2 amide bonds. The molecule has 0 spiro atoms. The molecule has 0 bridgehead atoms. The third-order valence-electron chi connectivity index (χ3n) is 3.16. The molecule has 98 valence electrons. The minimum atomic E-state index is -0.516. The van der Waals surface area contributed by atoms with Gasteiger partial charge in [0.2, 0.25) is 0 Å². The maximum absolute atomic E-state index is 13.7. The second kappa shape index (κ2) is 5.35. The lowest BCUT2D eigenvalue weighted by Crippen LogP contribution is -2.43. The summed E-state index contributed by atoms with van der Waals surface area (Å²) in [6.07, 6.45) is 2.29. The summed E-state index contributed by atoms with van der Waals surface area (Å²) in [5.41, 5.74) is 5.40. The van der Waals surface area contributed by atoms with Crippen LogP contribution in [-0.2, 0) is 5.54 Å². The van der Waals surface area contributed by atoms with Gasteiger partial charge in [-0.25, -0.2) is 9.18 Å². The molecule has 1 saturated carbocycles. The molecule has 0 radical (unpaired) electrons. The molecule has 1 fully saturated rings. The minimum Gasteiger partial charge on any atom is -0.338 e. The van der Waals surface area contributed by atoms with Gasteiger partial charge in [0, 0.05) is 12.1 Å². The van der Waals surface area contributed by atoms with Crippen molar-refractivity contribution < 1.29 is 9.18 Å². The van der Waals surface area contributed by atoms with E-state index in [1.54, 1.807) is 18.2 Å². The molecular weight excluding hydrogens is 233 g/mol. The van der Waals surface area contributed by atoms with Crippen molar-refractivity contribution in [2.45, 2.75) is 24.8 Å². The molecule has 0 saturated heterocycles. The Morgan fingerprint density at radius 1 is 1.39 bits per heavy atom. The summed E-state index contributed by atoms with van der Waals surface area (Å²) < 4.78 is 13.7. The number of carbonyl (C=O) groups is 1. The first-order valence-electron chi connectivity index (χ1n) is 6.19. The van der Waals surface area contributed by atoms with Crippen molar-refractivity contribution in [1.29, 1.82) is 0 Å². The number of hydrogen-bond acceptors (Lipinski definition) is 2. The Kier molecular flexibility index (Phi) is 3.81. The van der Waals surface area contributed by atoms with Crippen molar-refractivity contribution in [1.82, 2.24) is 10.6 Å². The average molecular weight is 251 g/mol. The predicted octanol–water partition coefficient (Wildman–Crippen LogP) is 1.46. The predicted molar refractivity (Wildman–Crippen MR) is 67.5 cm³/mol. The Morgan fingerprint density at radius 2 is 2.11 bits per heavy atom. The molecule has 0 atom stereocenters. The van der Waals surface area contributed by atoms with Gasteiger partial charge in [0.15, 0.2) is 0 Å². The highest BCUT2D eigenvalue weighted by Crippen LogP contribution is 2.46. The van der Waals surface area contributed by atoms with Gasteiger partial charge in [0.25, 0.3) is 0 Å². The second-order valence-electron chi connectivity index (χ2n) is 4.59. The van der Waals surface area contributed by atoms with E-state index in [2.05, 4.69) is 10.6 Å². The van der Waals surface area contributed by atoms with Crippen molar-refractivity contribution in [3.63, 3.8) is 0 Å². The average Bonchev–Trinajstić information content (AvgIpc) is 3.10. The van der Waals surface area contributed by atoms with Crippen LogP contribution in [0.1, 0.15) is 24.8 Å². The summed E-state index contributed by atoms with van der Waals surface area (Å²) in [7, 11) is 0. The maximum Gasteiger partial charge on any atom is 0.315 e. The van der Waals surface area contributed by atoms with Crippen molar-refractivity contribution in [2.75, 3.05) is 13.1 Å². The van der Waals surface area contributed by atoms with Gasteiger partial charge in [-0.1, -0.05) is 18.2 Å². The molecule has 0 aromatic heterocycles. The fraction of sp³-hybridized carbons (Fsp3) is 0.462. The number of amides is 2. The smallest absolute Gasteiger partial charge is 0.315 e. The largest absolute Gasteiger partial charge is 0.338 e. The van der Waals surface area contributed by atoms with Crippen LogP contribution in [-0.4, -0.2) is 19.1 Å². The van der Waals surface area contributed by atoms with Crippen LogP contribution in [0.5, 0.6) is 0 Å². The highest BCUT2D eigenvalue weighted by Gasteiger charge is 2.47. The molecule has 18 heavy (non-hydrogen) atoms. The first-order chi connectivity index (χ1) is 8.68. The summed E-state index contributed by atoms with van der Waals surface area (Å²) >= 11 is 0. The molecular formula is C13H18FN3O. The summed E-state index contributed by atoms with van der Waals surface area (Å²) in [4.78, 5) is 11.7. The quantitative estimate of drug-likeness (QED) is 0.694. The number of hydrogen-bond donors (Lipinski definition) is 3. The molecule has 1 aromatic rings. The zero-order valence-electron chi connectivity index (χ0n) is 10.2. The van der Waals surface area contributed by atoms with Gasteiger partial charge in [0.05, 0.1) is 5.54 Å². The van der Waals surface area contributed by atoms with E-state index in [0.717, 1.165) is 19.3 Å². The second-order valence-corrected chi connectivity index (χ2v) is 4.59. The Hall–Kier alpha value is -1.62. The summed E-state index contributed by atoms with van der Waals surface area (Å²) in [5, 5.41) is 5.57. The molecule has 1 aromatic carbocycles. The van der Waals surface area contributed by atoms with E-state index in [1.807, 2.05) is 0 Å². The minimum absolute atomic E-state index is 0.260. The first kappa shape index (κ1) is 12.8. The number of urea groups is 1. The maximum atomic E-state index is 13.7. The fourth-order valence-corrected chi connectivity index (χ4v) is 2.00. The molecule has 0 unspecified atom stereocenters. The SMILES string of the molecule is NCCCNC(=O)NC1(c2ccccc2F)CC1. The van der Waals surface area contributed by atoms with Gasteiger partial charge in [-0.05, 0) is 31.9 Å². The van der Waals surface area contributed by atoms with Gasteiger partial charge in [0.1, 0.15) is 5.82 Å². The van der Waals surface area contributed by atoms with Gasteiger partial charge in [-0.15, -0.1) is 0 Å². The van der Waals surface area contributed by atoms with Gasteiger partial charge < -0.3 is 16.4 Å². The summed E-state index contributed by atoms with van der Waals surface area (Å²) in [5.74, 6) is -0.266.